The Morgan fingerprint density at radius 1 is 0.421 bits per heavy atom. The number of rotatable bonds is 8. The van der Waals surface area contributed by atoms with Gasteiger partial charge in [0, 0.05) is 0 Å². The second-order valence-electron chi connectivity index (χ2n) is 20.4. The van der Waals surface area contributed by atoms with Gasteiger partial charge in [-0.15, -0.1) is 0 Å². The van der Waals surface area contributed by atoms with Gasteiger partial charge in [-0.1, -0.05) is 154 Å². The molecule has 2 atom stereocenters. The Morgan fingerprint density at radius 3 is 1.12 bits per heavy atom. The first-order valence-corrected chi connectivity index (χ1v) is 22.0. The lowest BCUT2D eigenvalue weighted by molar-refractivity contribution is -0.0196. The Balaban J connectivity index is 1.06. The lowest BCUT2D eigenvalue weighted by atomic mass is 9.63. The molecule has 0 amide bonds. The summed E-state index contributed by atoms with van der Waals surface area (Å²) in [5.74, 6) is 0. The summed E-state index contributed by atoms with van der Waals surface area (Å²) in [5.41, 5.74) is 17.4. The molecule has 2 aliphatic rings. The standard InChI is InChI=1S/C56H66O/c1-13-51(45-23-17-41-31-37(15-21-43(41)35(45)3)39-19-25-47-49(33-39)55(9,10)29-27-53(47,5)6)57-52(14-2)46-24-18-42-32-38(16-22-44(42)36(46)4)40-20-26-48-50(34-40)56(11,12)30-28-54(48,7)8/h15-26,31-34,51-52H,13-14,27-30H2,1-12H3. The maximum absolute atomic E-state index is 7.14. The summed E-state index contributed by atoms with van der Waals surface area (Å²) in [4.78, 5) is 0. The molecule has 6 aromatic rings. The van der Waals surface area contributed by atoms with Crippen LogP contribution in [0.15, 0.2) is 97.1 Å². The molecule has 0 saturated heterocycles. The first kappa shape index (κ1) is 39.6. The van der Waals surface area contributed by atoms with Gasteiger partial charge in [0.25, 0.3) is 0 Å². The molecule has 2 aliphatic carbocycles. The molecule has 0 heterocycles. The van der Waals surface area contributed by atoms with E-state index in [1.165, 1.54) is 114 Å². The van der Waals surface area contributed by atoms with E-state index in [1.807, 2.05) is 0 Å². The fourth-order valence-corrected chi connectivity index (χ4v) is 10.6. The number of fused-ring (bicyclic) bond motifs is 4. The van der Waals surface area contributed by atoms with Crippen LogP contribution in [0.3, 0.4) is 0 Å². The highest BCUT2D eigenvalue weighted by Gasteiger charge is 2.38. The second kappa shape index (κ2) is 14.3. The highest BCUT2D eigenvalue weighted by Crippen LogP contribution is 2.49. The number of aryl methyl sites for hydroxylation is 2. The van der Waals surface area contributed by atoms with Crippen molar-refractivity contribution < 1.29 is 4.74 Å². The third-order valence-corrected chi connectivity index (χ3v) is 14.8. The molecule has 0 aromatic heterocycles. The van der Waals surface area contributed by atoms with Crippen molar-refractivity contribution in [1.82, 2.24) is 0 Å². The number of hydrogen-bond donors (Lipinski definition) is 0. The van der Waals surface area contributed by atoms with Crippen molar-refractivity contribution in [2.45, 2.75) is 155 Å². The van der Waals surface area contributed by atoms with E-state index in [0.717, 1.165) is 12.8 Å². The van der Waals surface area contributed by atoms with Crippen molar-refractivity contribution in [2.75, 3.05) is 0 Å². The molecule has 0 fully saturated rings. The average molecular weight is 755 g/mol. The topological polar surface area (TPSA) is 9.23 Å². The second-order valence-corrected chi connectivity index (χ2v) is 20.4. The molecule has 57 heavy (non-hydrogen) atoms. The summed E-state index contributed by atoms with van der Waals surface area (Å²) in [7, 11) is 0. The number of hydrogen-bond acceptors (Lipinski definition) is 1. The fraction of sp³-hybridized carbons (Fsp3) is 0.429. The van der Waals surface area contributed by atoms with Crippen LogP contribution >= 0.6 is 0 Å². The minimum atomic E-state index is 0.0148. The fourth-order valence-electron chi connectivity index (χ4n) is 10.6. The Labute approximate surface area is 344 Å². The lowest BCUT2D eigenvalue weighted by Gasteiger charge is -2.42. The third kappa shape index (κ3) is 6.97. The van der Waals surface area contributed by atoms with E-state index in [2.05, 4.69) is 180 Å². The summed E-state index contributed by atoms with van der Waals surface area (Å²) < 4.78 is 7.14. The summed E-state index contributed by atoms with van der Waals surface area (Å²) >= 11 is 0. The molecule has 1 nitrogen and oxygen atoms in total. The van der Waals surface area contributed by atoms with Crippen molar-refractivity contribution >= 4 is 21.5 Å². The molecule has 2 unspecified atom stereocenters. The average Bonchev–Trinajstić information content (AvgIpc) is 3.19. The maximum Gasteiger partial charge on any atom is 0.0833 e. The molecule has 8 rings (SSSR count). The first-order valence-electron chi connectivity index (χ1n) is 22.0. The summed E-state index contributed by atoms with van der Waals surface area (Å²) in [6.07, 6.45) is 6.81. The van der Waals surface area contributed by atoms with Crippen molar-refractivity contribution in [2.24, 2.45) is 0 Å². The molecule has 0 bridgehead atoms. The van der Waals surface area contributed by atoms with Gasteiger partial charge in [0.1, 0.15) is 0 Å². The van der Waals surface area contributed by atoms with Crippen LogP contribution in [0.2, 0.25) is 0 Å². The number of ether oxygens (including phenoxy) is 1. The molecule has 0 saturated carbocycles. The Kier molecular flexibility index (Phi) is 9.92. The van der Waals surface area contributed by atoms with Crippen LogP contribution in [-0.4, -0.2) is 0 Å². The summed E-state index contributed by atoms with van der Waals surface area (Å²) in [5, 5.41) is 5.21. The highest BCUT2D eigenvalue weighted by atomic mass is 16.5. The molecule has 0 N–H and O–H groups in total. The van der Waals surface area contributed by atoms with E-state index in [-0.39, 0.29) is 33.9 Å². The molecule has 6 aromatic carbocycles. The van der Waals surface area contributed by atoms with Crippen LogP contribution in [0.5, 0.6) is 0 Å². The van der Waals surface area contributed by atoms with Gasteiger partial charge < -0.3 is 4.74 Å². The molecule has 0 spiro atoms. The molecular weight excluding hydrogens is 689 g/mol. The minimum Gasteiger partial charge on any atom is -0.366 e. The number of benzene rings is 6. The third-order valence-electron chi connectivity index (χ3n) is 14.8. The van der Waals surface area contributed by atoms with Gasteiger partial charge >= 0.3 is 0 Å². The summed E-state index contributed by atoms with van der Waals surface area (Å²) in [6, 6.07) is 37.9. The molecular formula is C56H66O. The molecule has 0 radical (unpaired) electrons. The zero-order valence-corrected chi connectivity index (χ0v) is 37.0. The minimum absolute atomic E-state index is 0.0148. The van der Waals surface area contributed by atoms with Crippen molar-refractivity contribution in [3.63, 3.8) is 0 Å². The van der Waals surface area contributed by atoms with E-state index in [9.17, 15) is 0 Å². The molecule has 296 valence electrons. The van der Waals surface area contributed by atoms with Gasteiger partial charge in [-0.3, -0.25) is 0 Å². The van der Waals surface area contributed by atoms with Crippen LogP contribution in [0.4, 0.5) is 0 Å². The molecule has 1 heteroatoms. The van der Waals surface area contributed by atoms with Crippen LogP contribution in [-0.2, 0) is 26.4 Å². The van der Waals surface area contributed by atoms with E-state index in [4.69, 9.17) is 4.74 Å². The van der Waals surface area contributed by atoms with Gasteiger partial charge in [-0.25, -0.2) is 0 Å². The zero-order chi connectivity index (χ0) is 40.7. The van der Waals surface area contributed by atoms with Crippen molar-refractivity contribution in [3.8, 4) is 22.3 Å². The van der Waals surface area contributed by atoms with Crippen LogP contribution in [0, 0.1) is 13.8 Å². The van der Waals surface area contributed by atoms with Crippen LogP contribution < -0.4 is 0 Å². The van der Waals surface area contributed by atoms with Crippen LogP contribution in [0.25, 0.3) is 43.8 Å². The van der Waals surface area contributed by atoms with Gasteiger partial charge in [0.05, 0.1) is 12.2 Å². The largest absolute Gasteiger partial charge is 0.366 e. The summed E-state index contributed by atoms with van der Waals surface area (Å²) in [6.45, 7) is 28.4. The van der Waals surface area contributed by atoms with Gasteiger partial charge in [-0.05, 0) is 174 Å². The Bertz CT molecular complexity index is 2330. The van der Waals surface area contributed by atoms with E-state index in [1.54, 1.807) is 0 Å². The maximum atomic E-state index is 7.14. The van der Waals surface area contributed by atoms with E-state index in [0.29, 0.717) is 0 Å². The highest BCUT2D eigenvalue weighted by molar-refractivity contribution is 5.92. The SMILES string of the molecule is CCC(OC(CC)c1ccc2cc(-c3ccc4c(c3)C(C)(C)CCC4(C)C)ccc2c1C)c1ccc2cc(-c3ccc4c(c3)C(C)(C)CCC4(C)C)ccc2c1C. The van der Waals surface area contributed by atoms with Gasteiger partial charge in [0.15, 0.2) is 0 Å². The monoisotopic (exact) mass is 755 g/mol. The quantitative estimate of drug-likeness (QED) is 0.150. The predicted molar refractivity (Wildman–Crippen MR) is 246 cm³/mol. The first-order chi connectivity index (χ1) is 26.9. The Morgan fingerprint density at radius 2 is 0.754 bits per heavy atom. The normalized spacial score (nSPS) is 18.9. The van der Waals surface area contributed by atoms with Crippen molar-refractivity contribution in [1.29, 1.82) is 0 Å². The van der Waals surface area contributed by atoms with E-state index < -0.39 is 0 Å². The van der Waals surface area contributed by atoms with E-state index >= 15 is 0 Å². The lowest BCUT2D eigenvalue weighted by Crippen LogP contribution is -2.33. The zero-order valence-electron chi connectivity index (χ0n) is 37.0. The van der Waals surface area contributed by atoms with Crippen molar-refractivity contribution in [3.05, 3.63) is 142 Å². The molecule has 0 aliphatic heterocycles. The predicted octanol–water partition coefficient (Wildman–Crippen LogP) is 16.3. The van der Waals surface area contributed by atoms with Gasteiger partial charge in [-0.2, -0.15) is 0 Å². The van der Waals surface area contributed by atoms with Gasteiger partial charge in [0.2, 0.25) is 0 Å². The Hall–Kier alpha value is -4.20. The smallest absolute Gasteiger partial charge is 0.0833 e. The van der Waals surface area contributed by atoms with Crippen LogP contribution in [0.1, 0.15) is 164 Å².